The van der Waals surface area contributed by atoms with Crippen molar-refractivity contribution in [2.45, 2.75) is 77.7 Å². The van der Waals surface area contributed by atoms with Gasteiger partial charge in [-0.3, -0.25) is 9.59 Å². The minimum absolute atomic E-state index is 0.0875. The predicted molar refractivity (Wildman–Crippen MR) is 250 cm³/mol. The van der Waals surface area contributed by atoms with Crippen molar-refractivity contribution in [3.63, 3.8) is 0 Å². The van der Waals surface area contributed by atoms with E-state index in [1.165, 1.54) is 4.90 Å². The van der Waals surface area contributed by atoms with Crippen LogP contribution in [0.5, 0.6) is 0 Å². The monoisotopic (exact) mass is 929 g/mol. The van der Waals surface area contributed by atoms with Crippen LogP contribution < -0.4 is 27.4 Å². The Hall–Kier alpha value is -4.83. The van der Waals surface area contributed by atoms with Gasteiger partial charge in [-0.05, 0) is 64.3 Å². The Bertz CT molecular complexity index is 2070. The Kier molecular flexibility index (Phi) is 23.9. The van der Waals surface area contributed by atoms with E-state index >= 15 is 0 Å². The van der Waals surface area contributed by atoms with Gasteiger partial charge in [-0.1, -0.05) is 25.1 Å². The highest BCUT2D eigenvalue weighted by Gasteiger charge is 2.28. The number of aromatic nitrogens is 2. The van der Waals surface area contributed by atoms with Crippen molar-refractivity contribution in [3.8, 4) is 11.4 Å². The predicted octanol–water partition coefficient (Wildman–Crippen LogP) is 1.62. The number of carbonyl (C=O) groups excluding carboxylic acids is 2. The summed E-state index contributed by atoms with van der Waals surface area (Å²) < 4.78 is 39.7. The first kappa shape index (κ1) is 55.5. The molecule has 1 aromatic carbocycles. The van der Waals surface area contributed by atoms with Crippen LogP contribution in [0.1, 0.15) is 70.1 Å². The molecule has 0 saturated carbocycles. The van der Waals surface area contributed by atoms with Crippen molar-refractivity contribution < 1.29 is 57.5 Å². The highest BCUT2D eigenvalue weighted by molar-refractivity contribution is 5.84. The van der Waals surface area contributed by atoms with Crippen molar-refractivity contribution in [1.82, 2.24) is 19.9 Å². The number of carboxylic acids is 1. The molecule has 1 aliphatic heterocycles. The molecule has 3 heterocycles. The Morgan fingerprint density at radius 1 is 0.970 bits per heavy atom. The van der Waals surface area contributed by atoms with Gasteiger partial charge in [0.25, 0.3) is 5.56 Å². The van der Waals surface area contributed by atoms with Gasteiger partial charge in [0.1, 0.15) is 26.0 Å². The lowest BCUT2D eigenvalue weighted by molar-refractivity contribution is -0.853. The fourth-order valence-electron chi connectivity index (χ4n) is 6.75. The molecule has 0 saturated heterocycles. The summed E-state index contributed by atoms with van der Waals surface area (Å²) in [6, 6.07) is 12.0. The summed E-state index contributed by atoms with van der Waals surface area (Å²) in [5, 5.41) is 13.8. The number of methoxy groups -OCH3 is 1. The van der Waals surface area contributed by atoms with E-state index in [0.29, 0.717) is 96.5 Å². The van der Waals surface area contributed by atoms with E-state index in [1.807, 2.05) is 79.0 Å². The summed E-state index contributed by atoms with van der Waals surface area (Å²) in [5.41, 5.74) is 10.4. The number of hydrogen-bond donors (Lipinski definition) is 5. The van der Waals surface area contributed by atoms with Crippen LogP contribution in [0.4, 0.5) is 0 Å². The van der Waals surface area contributed by atoms with Crippen LogP contribution in [-0.4, -0.2) is 156 Å². The summed E-state index contributed by atoms with van der Waals surface area (Å²) >= 11 is 0. The fourth-order valence-corrected chi connectivity index (χ4v) is 6.75. The number of hydrazine groups is 1. The minimum Gasteiger partial charge on any atom is -0.480 e. The van der Waals surface area contributed by atoms with Gasteiger partial charge >= 0.3 is 5.97 Å². The number of nitrogens with one attached hydrogen (secondary N) is 2. The zero-order valence-corrected chi connectivity index (χ0v) is 40.2. The number of carboxylic acid groups (broad SMARTS) is 1. The van der Waals surface area contributed by atoms with E-state index in [2.05, 4.69) is 11.4 Å². The molecule has 1 atom stereocenters. The first-order chi connectivity index (χ1) is 31.4. The number of benzene rings is 1. The molecule has 19 heteroatoms. The molecule has 0 spiro atoms. The average molecular weight is 929 g/mol. The second kappa shape index (κ2) is 28.4. The van der Waals surface area contributed by atoms with Gasteiger partial charge in [0.05, 0.1) is 114 Å². The summed E-state index contributed by atoms with van der Waals surface area (Å²) in [7, 11) is 5.61. The number of likely N-dealkylation sites (N-methyl/N-ethyl adjacent to an activating group) is 1. The lowest BCUT2D eigenvalue weighted by Gasteiger charge is -2.32. The molecule has 4 rings (SSSR count). The fraction of sp³-hybridized carbons (Fsp3) is 0.596. The van der Waals surface area contributed by atoms with E-state index in [9.17, 15) is 19.2 Å². The van der Waals surface area contributed by atoms with Gasteiger partial charge in [0.15, 0.2) is 0 Å². The zero-order valence-electron chi connectivity index (χ0n) is 40.2. The molecule has 0 bridgehead atoms. The Morgan fingerprint density at radius 3 is 2.24 bits per heavy atom. The first-order valence-electron chi connectivity index (χ1n) is 22.3. The molecule has 0 unspecified atom stereocenters. The van der Waals surface area contributed by atoms with Crippen molar-refractivity contribution in [2.75, 3.05) is 107 Å². The highest BCUT2D eigenvalue weighted by atomic mass is 16.6. The van der Waals surface area contributed by atoms with Crippen molar-refractivity contribution in [1.29, 1.82) is 0 Å². The van der Waals surface area contributed by atoms with Gasteiger partial charge < -0.3 is 68.6 Å². The number of quaternary nitrogens is 1. The van der Waals surface area contributed by atoms with E-state index < -0.39 is 17.2 Å². The summed E-state index contributed by atoms with van der Waals surface area (Å²) in [4.78, 5) is 53.1. The van der Waals surface area contributed by atoms with Gasteiger partial charge in [0.2, 0.25) is 5.91 Å². The topological polar surface area (TPSA) is 243 Å². The SMILES string of the molecule is CC[C@@H](C=O)c1cc2n(c(=O)c1COC)Cc1cc3ccccc3nc1-2.C[NH+](C)C/C(N)=C/N(N)CCC(C)(C)OCC(C)(C)OCC(=O)NCCOCCOCCOCCOCC(=O)O. The number of nitrogens with two attached hydrogens (primary N) is 2. The Balaban J connectivity index is 0.000000378. The maximum atomic E-state index is 13.1. The number of carbonyl (C=O) groups is 3. The lowest BCUT2D eigenvalue weighted by atomic mass is 9.93. The first-order valence-corrected chi connectivity index (χ1v) is 22.3. The molecular formula is C47H74N7O12+. The molecule has 66 heavy (non-hydrogen) atoms. The number of fused-ring (bicyclic) bond motifs is 4. The standard InChI is InChI=1S/C26H53N5O9.C21H20N2O3/c1-25(2,7-9-31(28)18-22(27)17-30(5)6)40-21-26(3,4)39-19-23(32)29-8-10-35-11-12-36-13-14-37-15-16-38-20-24(33)34;1-3-13(11-24)16-9-19-20-15(8-14-6-4-5-7-18(14)22-20)10-23(19)21(25)17(16)12-26-2/h18H,7-17,19-21,27-28H2,1-6H3,(H,29,32)(H,33,34);4-9,11,13H,3,10,12H2,1-2H3/p+1/b22-18-;/t;13-/m.0/s1. The molecule has 2 aromatic heterocycles. The van der Waals surface area contributed by atoms with Crippen LogP contribution in [0, 0.1) is 0 Å². The van der Waals surface area contributed by atoms with Crippen molar-refractivity contribution >= 4 is 29.1 Å². The Morgan fingerprint density at radius 2 is 1.62 bits per heavy atom. The second-order valence-electron chi connectivity index (χ2n) is 17.4. The number of ether oxygens (including phenoxy) is 7. The number of aliphatic carboxylic acids is 1. The summed E-state index contributed by atoms with van der Waals surface area (Å²) in [5.74, 6) is 4.48. The third-order valence-electron chi connectivity index (χ3n) is 10.3. The van der Waals surface area contributed by atoms with Crippen LogP contribution in [0.15, 0.2) is 53.1 Å². The maximum absolute atomic E-state index is 13.1. The number of aldehydes is 1. The van der Waals surface area contributed by atoms with E-state index in [-0.39, 0.29) is 43.8 Å². The second-order valence-corrected chi connectivity index (χ2v) is 17.4. The van der Waals surface area contributed by atoms with Gasteiger partial charge in [-0.2, -0.15) is 0 Å². The molecule has 1 aliphatic rings. The summed E-state index contributed by atoms with van der Waals surface area (Å²) in [6.45, 7) is 14.3. The molecule has 0 fully saturated rings. The molecule has 7 N–H and O–H groups in total. The molecule has 0 aliphatic carbocycles. The van der Waals surface area contributed by atoms with Crippen molar-refractivity contribution in [2.24, 2.45) is 11.6 Å². The lowest BCUT2D eigenvalue weighted by Crippen LogP contribution is -3.06. The molecular weight excluding hydrogens is 855 g/mol. The van der Waals surface area contributed by atoms with Gasteiger partial charge in [-0.15, -0.1) is 0 Å². The minimum atomic E-state index is -1.01. The highest BCUT2D eigenvalue weighted by Crippen LogP contribution is 2.34. The average Bonchev–Trinajstić information content (AvgIpc) is 3.62. The number of hydrogen-bond acceptors (Lipinski definition) is 15. The number of nitrogens with zero attached hydrogens (tertiary/aromatic N) is 3. The van der Waals surface area contributed by atoms with Crippen LogP contribution in [-0.2, 0) is 60.7 Å². The maximum Gasteiger partial charge on any atom is 0.329 e. The molecule has 0 radical (unpaired) electrons. The number of amides is 1. The van der Waals surface area contributed by atoms with Crippen LogP contribution in [0.2, 0.25) is 0 Å². The van der Waals surface area contributed by atoms with E-state index in [4.69, 9.17) is 54.8 Å². The van der Waals surface area contributed by atoms with Crippen LogP contribution in [0.3, 0.4) is 0 Å². The molecule has 3 aromatic rings. The van der Waals surface area contributed by atoms with E-state index in [1.54, 1.807) is 22.9 Å². The smallest absolute Gasteiger partial charge is 0.329 e. The number of pyridine rings is 2. The molecule has 1 amide bonds. The quantitative estimate of drug-likeness (QED) is 0.0209. The largest absolute Gasteiger partial charge is 0.480 e. The van der Waals surface area contributed by atoms with Gasteiger partial charge in [0, 0.05) is 48.8 Å². The molecule has 368 valence electrons. The van der Waals surface area contributed by atoms with Crippen LogP contribution >= 0.6 is 0 Å². The third-order valence-corrected chi connectivity index (χ3v) is 10.3. The van der Waals surface area contributed by atoms with Crippen LogP contribution in [0.25, 0.3) is 22.3 Å². The normalized spacial score (nSPS) is 13.0. The summed E-state index contributed by atoms with van der Waals surface area (Å²) in [6.07, 6.45) is 3.98. The van der Waals surface area contributed by atoms with Crippen molar-refractivity contribution in [3.05, 3.63) is 75.3 Å². The third kappa shape index (κ3) is 19.6. The molecule has 19 nitrogen and oxygen atoms in total. The number of para-hydroxylation sites is 1. The zero-order chi connectivity index (χ0) is 48.7. The van der Waals surface area contributed by atoms with Gasteiger partial charge in [-0.25, -0.2) is 15.6 Å². The van der Waals surface area contributed by atoms with E-state index in [0.717, 1.165) is 39.7 Å². The Labute approximate surface area is 388 Å². The number of rotatable bonds is 31.